The van der Waals surface area contributed by atoms with Crippen molar-refractivity contribution < 1.29 is 4.79 Å². The van der Waals surface area contributed by atoms with Crippen molar-refractivity contribution in [3.05, 3.63) is 71.1 Å². The Labute approximate surface area is 217 Å². The number of rotatable bonds is 9. The van der Waals surface area contributed by atoms with Crippen molar-refractivity contribution >= 4 is 38.8 Å². The number of amides is 1. The molecule has 0 spiro atoms. The van der Waals surface area contributed by atoms with Crippen LogP contribution in [0.4, 0.5) is 11.4 Å². The molecule has 8 heteroatoms. The summed E-state index contributed by atoms with van der Waals surface area (Å²) in [5, 5.41) is 2.99. The van der Waals surface area contributed by atoms with E-state index in [1.54, 1.807) is 11.3 Å². The standard InChI is InChI=1S/C28H34N6OS/c1-8-27(35)31-23-15-20(18(2)13-24(23)33(6)12-11-32(4)5)16-26-29-10-9-22(30-26)21-17-34(7)25-14-19(3)36-28(21)25/h8-10,13-15,17H,1,11-12,16H2,2-7H3,(H,31,35). The van der Waals surface area contributed by atoms with Crippen LogP contribution in [0.2, 0.25) is 0 Å². The summed E-state index contributed by atoms with van der Waals surface area (Å²) in [5.74, 6) is 0.514. The van der Waals surface area contributed by atoms with Crippen LogP contribution in [-0.2, 0) is 18.3 Å². The Bertz CT molecular complexity index is 1420. The molecule has 3 heterocycles. The fourth-order valence-corrected chi connectivity index (χ4v) is 5.33. The molecule has 3 aromatic heterocycles. The first-order valence-electron chi connectivity index (χ1n) is 12.0. The van der Waals surface area contributed by atoms with E-state index in [-0.39, 0.29) is 5.91 Å². The molecule has 4 rings (SSSR count). The van der Waals surface area contributed by atoms with Crippen LogP contribution in [0, 0.1) is 13.8 Å². The van der Waals surface area contributed by atoms with Gasteiger partial charge in [0.2, 0.25) is 5.91 Å². The van der Waals surface area contributed by atoms with Crippen molar-refractivity contribution in [1.29, 1.82) is 0 Å². The molecular weight excluding hydrogens is 468 g/mol. The van der Waals surface area contributed by atoms with Gasteiger partial charge >= 0.3 is 0 Å². The summed E-state index contributed by atoms with van der Waals surface area (Å²) >= 11 is 1.79. The van der Waals surface area contributed by atoms with Crippen LogP contribution < -0.4 is 10.2 Å². The van der Waals surface area contributed by atoms with E-state index in [2.05, 4.69) is 84.6 Å². The van der Waals surface area contributed by atoms with Crippen molar-refractivity contribution in [2.75, 3.05) is 44.4 Å². The van der Waals surface area contributed by atoms with E-state index in [4.69, 9.17) is 4.98 Å². The molecule has 0 radical (unpaired) electrons. The number of nitrogens with one attached hydrogen (secondary N) is 1. The molecule has 188 valence electrons. The van der Waals surface area contributed by atoms with Gasteiger partial charge in [0.05, 0.1) is 27.3 Å². The summed E-state index contributed by atoms with van der Waals surface area (Å²) in [6.45, 7) is 9.58. The van der Waals surface area contributed by atoms with Gasteiger partial charge in [-0.2, -0.15) is 0 Å². The Kier molecular flexibility index (Phi) is 7.56. The number of benzene rings is 1. The van der Waals surface area contributed by atoms with Gasteiger partial charge < -0.3 is 19.7 Å². The number of nitrogens with zero attached hydrogens (tertiary/aromatic N) is 5. The van der Waals surface area contributed by atoms with Crippen LogP contribution in [0.15, 0.2) is 49.3 Å². The third kappa shape index (κ3) is 5.50. The van der Waals surface area contributed by atoms with E-state index >= 15 is 0 Å². The summed E-state index contributed by atoms with van der Waals surface area (Å²) in [7, 11) is 8.22. The molecule has 0 bridgehead atoms. The highest BCUT2D eigenvalue weighted by Gasteiger charge is 2.16. The summed E-state index contributed by atoms with van der Waals surface area (Å²) in [5.41, 5.74) is 7.21. The lowest BCUT2D eigenvalue weighted by Gasteiger charge is -2.25. The van der Waals surface area contributed by atoms with Gasteiger partial charge in [-0.25, -0.2) is 9.97 Å². The molecule has 1 amide bonds. The number of fused-ring (bicyclic) bond motifs is 1. The number of likely N-dealkylation sites (N-methyl/N-ethyl adjacent to an activating group) is 2. The highest BCUT2D eigenvalue weighted by molar-refractivity contribution is 7.19. The zero-order valence-electron chi connectivity index (χ0n) is 21.9. The number of anilines is 2. The molecule has 4 aromatic rings. The number of aromatic nitrogens is 3. The number of hydrogen-bond donors (Lipinski definition) is 1. The Balaban J connectivity index is 1.67. The Morgan fingerprint density at radius 1 is 1.19 bits per heavy atom. The van der Waals surface area contributed by atoms with Gasteiger partial charge in [0.1, 0.15) is 5.82 Å². The molecule has 0 atom stereocenters. The lowest BCUT2D eigenvalue weighted by atomic mass is 10.0. The van der Waals surface area contributed by atoms with E-state index in [1.165, 1.54) is 21.2 Å². The van der Waals surface area contributed by atoms with Crippen LogP contribution in [-0.4, -0.2) is 59.6 Å². The van der Waals surface area contributed by atoms with Crippen molar-refractivity contribution in [2.24, 2.45) is 7.05 Å². The smallest absolute Gasteiger partial charge is 0.247 e. The molecule has 0 aliphatic heterocycles. The maximum Gasteiger partial charge on any atom is 0.247 e. The maximum absolute atomic E-state index is 12.2. The predicted molar refractivity (Wildman–Crippen MR) is 151 cm³/mol. The Morgan fingerprint density at radius 3 is 2.69 bits per heavy atom. The van der Waals surface area contributed by atoms with Crippen LogP contribution in [0.5, 0.6) is 0 Å². The normalized spacial score (nSPS) is 11.3. The summed E-state index contributed by atoms with van der Waals surface area (Å²) < 4.78 is 3.40. The van der Waals surface area contributed by atoms with E-state index < -0.39 is 0 Å². The van der Waals surface area contributed by atoms with E-state index in [0.717, 1.165) is 52.7 Å². The Hall–Kier alpha value is -3.49. The van der Waals surface area contributed by atoms with Gasteiger partial charge in [0.15, 0.2) is 0 Å². The third-order valence-corrected chi connectivity index (χ3v) is 7.38. The SMILES string of the molecule is C=CC(=O)Nc1cc(Cc2nccc(-c3cn(C)c4cc(C)sc34)n2)c(C)cc1N(C)CCN(C)C. The molecule has 0 saturated carbocycles. The third-order valence-electron chi connectivity index (χ3n) is 6.30. The first kappa shape index (κ1) is 25.6. The van der Waals surface area contributed by atoms with Gasteiger partial charge in [-0.05, 0) is 69.4 Å². The number of thiophene rings is 1. The number of aryl methyl sites for hydroxylation is 3. The van der Waals surface area contributed by atoms with Gasteiger partial charge in [0, 0.05) is 56.4 Å². The molecule has 0 aliphatic rings. The van der Waals surface area contributed by atoms with Gasteiger partial charge in [-0.1, -0.05) is 6.58 Å². The minimum Gasteiger partial charge on any atom is -0.372 e. The van der Waals surface area contributed by atoms with Crippen LogP contribution in [0.3, 0.4) is 0 Å². The van der Waals surface area contributed by atoms with Gasteiger partial charge in [-0.3, -0.25) is 4.79 Å². The fourth-order valence-electron chi connectivity index (χ4n) is 4.26. The van der Waals surface area contributed by atoms with E-state index in [0.29, 0.717) is 6.42 Å². The van der Waals surface area contributed by atoms with Crippen LogP contribution in [0.1, 0.15) is 21.8 Å². The van der Waals surface area contributed by atoms with Crippen molar-refractivity contribution in [2.45, 2.75) is 20.3 Å². The second kappa shape index (κ2) is 10.6. The lowest BCUT2D eigenvalue weighted by molar-refractivity contribution is -0.111. The largest absolute Gasteiger partial charge is 0.372 e. The van der Waals surface area contributed by atoms with Gasteiger partial charge in [0.25, 0.3) is 0 Å². The number of carbonyl (C=O) groups is 1. The zero-order valence-corrected chi connectivity index (χ0v) is 22.7. The molecule has 0 fully saturated rings. The number of hydrogen-bond acceptors (Lipinski definition) is 6. The molecule has 0 saturated heterocycles. The highest BCUT2D eigenvalue weighted by atomic mass is 32.1. The first-order chi connectivity index (χ1) is 17.2. The van der Waals surface area contributed by atoms with Crippen LogP contribution in [0.25, 0.3) is 21.5 Å². The zero-order chi connectivity index (χ0) is 26.0. The summed E-state index contributed by atoms with van der Waals surface area (Å²) in [6.07, 6.45) is 5.83. The maximum atomic E-state index is 12.2. The molecule has 1 aromatic carbocycles. The second-order valence-corrected chi connectivity index (χ2v) is 10.7. The molecule has 0 unspecified atom stereocenters. The minimum atomic E-state index is -0.232. The van der Waals surface area contributed by atoms with E-state index in [1.807, 2.05) is 25.4 Å². The monoisotopic (exact) mass is 502 g/mol. The van der Waals surface area contributed by atoms with Crippen molar-refractivity contribution in [3.63, 3.8) is 0 Å². The quantitative estimate of drug-likeness (QED) is 0.325. The average Bonchev–Trinajstić information content (AvgIpc) is 3.37. The first-order valence-corrected chi connectivity index (χ1v) is 12.8. The lowest BCUT2D eigenvalue weighted by Crippen LogP contribution is -2.29. The topological polar surface area (TPSA) is 66.3 Å². The summed E-state index contributed by atoms with van der Waals surface area (Å²) in [6, 6.07) is 8.35. The highest BCUT2D eigenvalue weighted by Crippen LogP contribution is 2.35. The predicted octanol–water partition coefficient (Wildman–Crippen LogP) is 5.03. The average molecular weight is 503 g/mol. The van der Waals surface area contributed by atoms with Crippen molar-refractivity contribution in [3.8, 4) is 11.3 Å². The van der Waals surface area contributed by atoms with Crippen molar-refractivity contribution in [1.82, 2.24) is 19.4 Å². The van der Waals surface area contributed by atoms with E-state index in [9.17, 15) is 4.79 Å². The molecular formula is C28H34N6OS. The Morgan fingerprint density at radius 2 is 1.97 bits per heavy atom. The second-order valence-electron chi connectivity index (χ2n) is 9.47. The fraction of sp³-hybridized carbons (Fsp3) is 0.321. The minimum absolute atomic E-state index is 0.232. The summed E-state index contributed by atoms with van der Waals surface area (Å²) in [4.78, 5) is 27.3. The molecule has 0 aliphatic carbocycles. The number of carbonyl (C=O) groups excluding carboxylic acids is 1. The van der Waals surface area contributed by atoms with Crippen LogP contribution >= 0.6 is 11.3 Å². The van der Waals surface area contributed by atoms with Gasteiger partial charge in [-0.15, -0.1) is 11.3 Å². The molecule has 7 nitrogen and oxygen atoms in total. The molecule has 36 heavy (non-hydrogen) atoms. The molecule has 1 N–H and O–H groups in total.